The molecule has 0 aliphatic carbocycles. The minimum atomic E-state index is -3.13. The molecule has 0 radical (unpaired) electrons. The number of para-hydroxylation sites is 1. The molecule has 0 N–H and O–H groups in total. The van der Waals surface area contributed by atoms with E-state index in [1.54, 1.807) is 10.6 Å². The van der Waals surface area contributed by atoms with Crippen LogP contribution in [-0.2, 0) is 13.6 Å². The SMILES string of the molecule is CCO[P+](OCC)(OCC)C([O-])c1cc2ccccc2n2nnnc12. The molecule has 0 saturated heterocycles. The molecule has 25 heavy (non-hydrogen) atoms. The van der Waals surface area contributed by atoms with Gasteiger partial charge in [-0.05, 0) is 43.3 Å². The Bertz CT molecular complexity index is 839. The monoisotopic (exact) mass is 364 g/mol. The van der Waals surface area contributed by atoms with E-state index in [2.05, 4.69) is 15.5 Å². The number of rotatable bonds is 8. The van der Waals surface area contributed by atoms with Crippen molar-refractivity contribution in [3.63, 3.8) is 0 Å². The second-order valence-electron chi connectivity index (χ2n) is 5.22. The van der Waals surface area contributed by atoms with Crippen molar-refractivity contribution in [1.82, 2.24) is 20.0 Å². The van der Waals surface area contributed by atoms with Crippen LogP contribution in [0.4, 0.5) is 0 Å². The Labute approximate surface area is 146 Å². The molecule has 0 amide bonds. The van der Waals surface area contributed by atoms with Crippen LogP contribution < -0.4 is 5.11 Å². The maximum Gasteiger partial charge on any atom is 0.402 e. The largest absolute Gasteiger partial charge is 0.811 e. The second kappa shape index (κ2) is 7.68. The van der Waals surface area contributed by atoms with Gasteiger partial charge in [0, 0.05) is 10.9 Å². The number of pyridine rings is 1. The highest BCUT2D eigenvalue weighted by atomic mass is 31.2. The maximum absolute atomic E-state index is 13.4. The van der Waals surface area contributed by atoms with E-state index in [-0.39, 0.29) is 0 Å². The molecule has 2 aromatic heterocycles. The molecule has 0 aliphatic rings. The number of benzene rings is 1. The molecule has 134 valence electrons. The molecule has 0 bridgehead atoms. The predicted molar refractivity (Wildman–Crippen MR) is 92.8 cm³/mol. The van der Waals surface area contributed by atoms with Gasteiger partial charge in [0.05, 0.1) is 25.3 Å². The van der Waals surface area contributed by atoms with Gasteiger partial charge in [-0.2, -0.15) is 18.1 Å². The standard InChI is InChI=1S/C16H21N4O4P/c1-4-22-25(23-5-2,24-6-3)16(21)13-11-12-9-7-8-10-14(12)20-15(13)17-18-19-20/h7-11,16H,4-6H2,1-3H3. The molecule has 1 aromatic carbocycles. The fourth-order valence-electron chi connectivity index (χ4n) is 2.77. The Balaban J connectivity index is 2.19. The van der Waals surface area contributed by atoms with Crippen molar-refractivity contribution in [3.8, 4) is 0 Å². The smallest absolute Gasteiger partial charge is 0.402 e. The van der Waals surface area contributed by atoms with E-state index in [9.17, 15) is 5.11 Å². The highest BCUT2D eigenvalue weighted by Gasteiger charge is 2.48. The molecule has 0 aliphatic heterocycles. The topological polar surface area (TPSA) is 93.8 Å². The first kappa shape index (κ1) is 18.1. The summed E-state index contributed by atoms with van der Waals surface area (Å²) in [7, 11) is -3.13. The lowest BCUT2D eigenvalue weighted by Crippen LogP contribution is -2.25. The Morgan fingerprint density at radius 1 is 1.08 bits per heavy atom. The summed E-state index contributed by atoms with van der Waals surface area (Å²) in [5, 5.41) is 26.1. The summed E-state index contributed by atoms with van der Waals surface area (Å²) in [6.45, 7) is 6.40. The fraction of sp³-hybridized carbons (Fsp3) is 0.438. The van der Waals surface area contributed by atoms with E-state index in [4.69, 9.17) is 13.6 Å². The highest BCUT2D eigenvalue weighted by molar-refractivity contribution is 7.61. The van der Waals surface area contributed by atoms with E-state index < -0.39 is 13.8 Å². The summed E-state index contributed by atoms with van der Waals surface area (Å²) in [4.78, 5) is 0. The van der Waals surface area contributed by atoms with Crippen LogP contribution in [0.25, 0.3) is 16.6 Å². The molecule has 0 saturated carbocycles. The highest BCUT2D eigenvalue weighted by Crippen LogP contribution is 2.70. The van der Waals surface area contributed by atoms with E-state index in [0.717, 1.165) is 10.9 Å². The Morgan fingerprint density at radius 3 is 2.36 bits per heavy atom. The van der Waals surface area contributed by atoms with Crippen molar-refractivity contribution >= 4 is 24.5 Å². The average Bonchev–Trinajstić information content (AvgIpc) is 3.11. The molecule has 8 nitrogen and oxygen atoms in total. The minimum absolute atomic E-state index is 0.321. The van der Waals surface area contributed by atoms with Crippen LogP contribution in [-0.4, -0.2) is 39.9 Å². The average molecular weight is 364 g/mol. The van der Waals surface area contributed by atoms with Crippen LogP contribution in [0.15, 0.2) is 30.3 Å². The third-order valence-corrected chi connectivity index (χ3v) is 6.39. The van der Waals surface area contributed by atoms with Crippen molar-refractivity contribution in [2.45, 2.75) is 26.6 Å². The predicted octanol–water partition coefficient (Wildman–Crippen LogP) is 2.51. The van der Waals surface area contributed by atoms with Crippen molar-refractivity contribution in [1.29, 1.82) is 0 Å². The van der Waals surface area contributed by atoms with Gasteiger partial charge in [0.2, 0.25) is 0 Å². The molecular weight excluding hydrogens is 343 g/mol. The second-order valence-corrected chi connectivity index (χ2v) is 7.54. The van der Waals surface area contributed by atoms with E-state index in [1.807, 2.05) is 45.0 Å². The summed E-state index contributed by atoms with van der Waals surface area (Å²) >= 11 is 0. The molecule has 3 rings (SSSR count). The van der Waals surface area contributed by atoms with E-state index in [0.29, 0.717) is 31.0 Å². The first-order chi connectivity index (χ1) is 12.2. The quantitative estimate of drug-likeness (QED) is 0.567. The molecule has 1 unspecified atom stereocenters. The molecule has 2 heterocycles. The Hall–Kier alpha value is -1.70. The first-order valence-electron chi connectivity index (χ1n) is 8.24. The van der Waals surface area contributed by atoms with Crippen molar-refractivity contribution in [2.24, 2.45) is 0 Å². The lowest BCUT2D eigenvalue weighted by molar-refractivity contribution is -0.402. The van der Waals surface area contributed by atoms with Crippen LogP contribution >= 0.6 is 7.94 Å². The third-order valence-electron chi connectivity index (χ3n) is 3.68. The van der Waals surface area contributed by atoms with Gasteiger partial charge in [-0.15, -0.1) is 5.10 Å². The number of nitrogens with zero attached hydrogens (tertiary/aromatic N) is 4. The van der Waals surface area contributed by atoms with Gasteiger partial charge in [-0.1, -0.05) is 18.2 Å². The van der Waals surface area contributed by atoms with Crippen molar-refractivity contribution in [3.05, 3.63) is 35.9 Å². The number of hydrogen-bond donors (Lipinski definition) is 0. The van der Waals surface area contributed by atoms with Crippen LogP contribution in [0.3, 0.4) is 0 Å². The van der Waals surface area contributed by atoms with Gasteiger partial charge >= 0.3 is 7.94 Å². The zero-order valence-corrected chi connectivity index (χ0v) is 15.3. The molecule has 0 spiro atoms. The fourth-order valence-corrected chi connectivity index (χ4v) is 5.01. The zero-order chi connectivity index (χ0) is 17.9. The zero-order valence-electron chi connectivity index (χ0n) is 14.5. The molecule has 3 aromatic rings. The minimum Gasteiger partial charge on any atom is -0.811 e. The van der Waals surface area contributed by atoms with Gasteiger partial charge in [0.15, 0.2) is 5.65 Å². The van der Waals surface area contributed by atoms with Crippen LogP contribution in [0.2, 0.25) is 0 Å². The molecule has 1 atom stereocenters. The van der Waals surface area contributed by atoms with Gasteiger partial charge in [-0.3, -0.25) is 0 Å². The number of tetrazole rings is 1. The van der Waals surface area contributed by atoms with Crippen LogP contribution in [0.1, 0.15) is 32.2 Å². The van der Waals surface area contributed by atoms with Crippen molar-refractivity contribution in [2.75, 3.05) is 19.8 Å². The summed E-state index contributed by atoms with van der Waals surface area (Å²) in [6, 6.07) is 9.41. The molecular formula is C16H21N4O4P. The van der Waals surface area contributed by atoms with Gasteiger partial charge in [0.1, 0.15) is 5.85 Å². The third kappa shape index (κ3) is 3.23. The Morgan fingerprint density at radius 2 is 1.72 bits per heavy atom. The summed E-state index contributed by atoms with van der Waals surface area (Å²) in [5.41, 5.74) is 1.63. The maximum atomic E-state index is 13.4. The normalized spacial score (nSPS) is 13.6. The molecule has 0 fully saturated rings. The number of aromatic nitrogens is 4. The summed E-state index contributed by atoms with van der Waals surface area (Å²) < 4.78 is 18.8. The van der Waals surface area contributed by atoms with E-state index >= 15 is 0 Å². The van der Waals surface area contributed by atoms with E-state index in [1.165, 1.54) is 0 Å². The number of fused-ring (bicyclic) bond motifs is 3. The van der Waals surface area contributed by atoms with Gasteiger partial charge < -0.3 is 5.11 Å². The van der Waals surface area contributed by atoms with Crippen molar-refractivity contribution < 1.29 is 18.7 Å². The van der Waals surface area contributed by atoms with Gasteiger partial charge in [-0.25, -0.2) is 0 Å². The van der Waals surface area contributed by atoms with Gasteiger partial charge in [0.25, 0.3) is 0 Å². The first-order valence-corrected chi connectivity index (χ1v) is 9.86. The summed E-state index contributed by atoms with van der Waals surface area (Å²) in [5.74, 6) is -1.37. The van der Waals surface area contributed by atoms with Crippen LogP contribution in [0.5, 0.6) is 0 Å². The Kier molecular flexibility index (Phi) is 5.56. The lowest BCUT2D eigenvalue weighted by atomic mass is 10.1. The van der Waals surface area contributed by atoms with Crippen LogP contribution in [0, 0.1) is 0 Å². The summed E-state index contributed by atoms with van der Waals surface area (Å²) in [6.07, 6.45) is 0. The lowest BCUT2D eigenvalue weighted by Gasteiger charge is -2.32. The number of hydrogen-bond acceptors (Lipinski definition) is 7. The molecule has 9 heteroatoms.